The minimum atomic E-state index is 0.789. The van der Waals surface area contributed by atoms with Gasteiger partial charge in [-0.25, -0.2) is 9.97 Å². The first-order valence-electron chi connectivity index (χ1n) is 7.57. The highest BCUT2D eigenvalue weighted by molar-refractivity contribution is 5.63. The van der Waals surface area contributed by atoms with Crippen LogP contribution in [0.1, 0.15) is 31.7 Å². The molecule has 0 fully saturated rings. The van der Waals surface area contributed by atoms with E-state index in [1.165, 1.54) is 5.56 Å². The molecule has 0 aliphatic heterocycles. The van der Waals surface area contributed by atoms with E-state index in [4.69, 9.17) is 0 Å². The Balaban J connectivity index is 2.35. The van der Waals surface area contributed by atoms with Crippen LogP contribution in [0.25, 0.3) is 0 Å². The van der Waals surface area contributed by atoms with Crippen molar-refractivity contribution in [1.29, 1.82) is 0 Å². The summed E-state index contributed by atoms with van der Waals surface area (Å²) in [5.41, 5.74) is 2.41. The summed E-state index contributed by atoms with van der Waals surface area (Å²) in [6.45, 7) is 10.1. The smallest absolute Gasteiger partial charge is 0.138 e. The lowest BCUT2D eigenvalue weighted by Crippen LogP contribution is -2.18. The number of hydrogen-bond donors (Lipinski definition) is 1. The van der Waals surface area contributed by atoms with Crippen molar-refractivity contribution >= 4 is 17.3 Å². The summed E-state index contributed by atoms with van der Waals surface area (Å²) < 4.78 is 0. The standard InChI is InChI=1S/C17H24N4/c1-5-10-18-16-12-17(20-14(4)19-16)21(6-2)15-9-7-8-13(3)11-15/h7-9,11-12H,5-6,10H2,1-4H3,(H,18,19,20). The molecule has 2 rings (SSSR count). The van der Waals surface area contributed by atoms with E-state index in [0.29, 0.717) is 0 Å². The van der Waals surface area contributed by atoms with Gasteiger partial charge in [0, 0.05) is 24.8 Å². The lowest BCUT2D eigenvalue weighted by atomic mass is 10.2. The van der Waals surface area contributed by atoms with E-state index in [-0.39, 0.29) is 0 Å². The maximum absolute atomic E-state index is 4.59. The second-order valence-electron chi connectivity index (χ2n) is 5.17. The fourth-order valence-electron chi connectivity index (χ4n) is 2.31. The maximum atomic E-state index is 4.59. The van der Waals surface area contributed by atoms with Crippen LogP contribution in [-0.2, 0) is 0 Å². The summed E-state index contributed by atoms with van der Waals surface area (Å²) in [6, 6.07) is 10.5. The van der Waals surface area contributed by atoms with Crippen LogP contribution in [0, 0.1) is 13.8 Å². The van der Waals surface area contributed by atoms with Crippen molar-refractivity contribution in [2.45, 2.75) is 34.1 Å². The van der Waals surface area contributed by atoms with Gasteiger partial charge >= 0.3 is 0 Å². The molecule has 0 radical (unpaired) electrons. The number of rotatable bonds is 6. The number of hydrogen-bond acceptors (Lipinski definition) is 4. The van der Waals surface area contributed by atoms with Crippen LogP contribution in [0.2, 0.25) is 0 Å². The third-order valence-corrected chi connectivity index (χ3v) is 3.29. The van der Waals surface area contributed by atoms with Gasteiger partial charge in [0.2, 0.25) is 0 Å². The molecule has 0 spiro atoms. The SMILES string of the molecule is CCCNc1cc(N(CC)c2cccc(C)c2)nc(C)n1. The second kappa shape index (κ2) is 7.07. The molecule has 0 amide bonds. The van der Waals surface area contributed by atoms with Crippen molar-refractivity contribution in [3.05, 3.63) is 41.7 Å². The van der Waals surface area contributed by atoms with Gasteiger partial charge in [-0.2, -0.15) is 0 Å². The first kappa shape index (κ1) is 15.3. The summed E-state index contributed by atoms with van der Waals surface area (Å²) in [4.78, 5) is 11.3. The Labute approximate surface area is 127 Å². The Hall–Kier alpha value is -2.10. The number of aryl methyl sites for hydroxylation is 2. The molecule has 0 unspecified atom stereocenters. The molecule has 1 heterocycles. The van der Waals surface area contributed by atoms with E-state index in [0.717, 1.165) is 42.7 Å². The molecule has 0 atom stereocenters. The zero-order chi connectivity index (χ0) is 15.2. The third-order valence-electron chi connectivity index (χ3n) is 3.29. The van der Waals surface area contributed by atoms with Crippen LogP contribution in [0.5, 0.6) is 0 Å². The summed E-state index contributed by atoms with van der Waals surface area (Å²) in [5.74, 6) is 2.62. The van der Waals surface area contributed by atoms with E-state index in [9.17, 15) is 0 Å². The Kier molecular flexibility index (Phi) is 5.14. The van der Waals surface area contributed by atoms with Gasteiger partial charge in [-0.3, -0.25) is 0 Å². The molecule has 1 N–H and O–H groups in total. The van der Waals surface area contributed by atoms with Crippen LogP contribution in [-0.4, -0.2) is 23.1 Å². The highest BCUT2D eigenvalue weighted by Crippen LogP contribution is 2.25. The van der Waals surface area contributed by atoms with Crippen LogP contribution < -0.4 is 10.2 Å². The molecule has 0 aliphatic rings. The predicted octanol–water partition coefficient (Wildman–Crippen LogP) is 4.07. The number of benzene rings is 1. The molecule has 21 heavy (non-hydrogen) atoms. The highest BCUT2D eigenvalue weighted by atomic mass is 15.2. The zero-order valence-corrected chi connectivity index (χ0v) is 13.3. The van der Waals surface area contributed by atoms with E-state index < -0.39 is 0 Å². The van der Waals surface area contributed by atoms with E-state index in [1.54, 1.807) is 0 Å². The van der Waals surface area contributed by atoms with Gasteiger partial charge in [-0.05, 0) is 44.9 Å². The molecule has 4 heteroatoms. The van der Waals surface area contributed by atoms with Crippen molar-refractivity contribution in [2.75, 3.05) is 23.3 Å². The van der Waals surface area contributed by atoms with Gasteiger partial charge < -0.3 is 10.2 Å². The summed E-state index contributed by atoms with van der Waals surface area (Å²) >= 11 is 0. The number of aromatic nitrogens is 2. The second-order valence-corrected chi connectivity index (χ2v) is 5.17. The molecule has 0 saturated heterocycles. The van der Waals surface area contributed by atoms with Gasteiger partial charge in [0.15, 0.2) is 0 Å². The average molecular weight is 284 g/mol. The molecule has 4 nitrogen and oxygen atoms in total. The largest absolute Gasteiger partial charge is 0.370 e. The van der Waals surface area contributed by atoms with Crippen molar-refractivity contribution < 1.29 is 0 Å². The van der Waals surface area contributed by atoms with E-state index in [2.05, 4.69) is 65.2 Å². The highest BCUT2D eigenvalue weighted by Gasteiger charge is 2.11. The predicted molar refractivity (Wildman–Crippen MR) is 89.4 cm³/mol. The van der Waals surface area contributed by atoms with Gasteiger partial charge in [0.25, 0.3) is 0 Å². The normalized spacial score (nSPS) is 10.5. The van der Waals surface area contributed by atoms with Crippen molar-refractivity contribution in [2.24, 2.45) is 0 Å². The van der Waals surface area contributed by atoms with E-state index >= 15 is 0 Å². The minimum absolute atomic E-state index is 0.789. The average Bonchev–Trinajstić information content (AvgIpc) is 2.45. The third kappa shape index (κ3) is 3.94. The molecule has 0 aliphatic carbocycles. The zero-order valence-electron chi connectivity index (χ0n) is 13.3. The molecule has 2 aromatic rings. The molecule has 112 valence electrons. The summed E-state index contributed by atoms with van der Waals surface area (Å²) in [6.07, 6.45) is 1.08. The number of nitrogens with zero attached hydrogens (tertiary/aromatic N) is 3. The lowest BCUT2D eigenvalue weighted by Gasteiger charge is -2.23. The van der Waals surface area contributed by atoms with Gasteiger partial charge in [0.1, 0.15) is 17.5 Å². The number of nitrogens with one attached hydrogen (secondary N) is 1. The van der Waals surface area contributed by atoms with Crippen LogP contribution >= 0.6 is 0 Å². The van der Waals surface area contributed by atoms with Crippen LogP contribution in [0.3, 0.4) is 0 Å². The monoisotopic (exact) mass is 284 g/mol. The fourth-order valence-corrected chi connectivity index (χ4v) is 2.31. The number of anilines is 3. The Morgan fingerprint density at radius 2 is 1.90 bits per heavy atom. The topological polar surface area (TPSA) is 41.0 Å². The van der Waals surface area contributed by atoms with Crippen molar-refractivity contribution in [3.8, 4) is 0 Å². The van der Waals surface area contributed by atoms with Crippen molar-refractivity contribution in [3.63, 3.8) is 0 Å². The molecular weight excluding hydrogens is 260 g/mol. The Morgan fingerprint density at radius 1 is 1.10 bits per heavy atom. The quantitative estimate of drug-likeness (QED) is 0.868. The lowest BCUT2D eigenvalue weighted by molar-refractivity contribution is 0.929. The van der Waals surface area contributed by atoms with Crippen LogP contribution in [0.15, 0.2) is 30.3 Å². The fraction of sp³-hybridized carbons (Fsp3) is 0.412. The summed E-state index contributed by atoms with van der Waals surface area (Å²) in [5, 5.41) is 3.34. The Bertz CT molecular complexity index is 595. The van der Waals surface area contributed by atoms with E-state index in [1.807, 2.05) is 13.0 Å². The molecule has 1 aromatic heterocycles. The Morgan fingerprint density at radius 3 is 2.57 bits per heavy atom. The van der Waals surface area contributed by atoms with Crippen LogP contribution in [0.4, 0.5) is 17.3 Å². The molecular formula is C17H24N4. The summed E-state index contributed by atoms with van der Waals surface area (Å²) in [7, 11) is 0. The maximum Gasteiger partial charge on any atom is 0.138 e. The van der Waals surface area contributed by atoms with Gasteiger partial charge in [-0.1, -0.05) is 19.1 Å². The van der Waals surface area contributed by atoms with Gasteiger partial charge in [0.05, 0.1) is 0 Å². The molecule has 0 bridgehead atoms. The molecule has 1 aromatic carbocycles. The van der Waals surface area contributed by atoms with Gasteiger partial charge in [-0.15, -0.1) is 0 Å². The van der Waals surface area contributed by atoms with Crippen molar-refractivity contribution in [1.82, 2.24) is 9.97 Å². The minimum Gasteiger partial charge on any atom is -0.370 e. The first-order valence-corrected chi connectivity index (χ1v) is 7.57. The first-order chi connectivity index (χ1) is 10.1. The molecule has 0 saturated carbocycles.